The van der Waals surface area contributed by atoms with Gasteiger partial charge in [0.25, 0.3) is 0 Å². The van der Waals surface area contributed by atoms with Gasteiger partial charge in [0.2, 0.25) is 10.0 Å². The first-order valence-electron chi connectivity index (χ1n) is 7.65. The number of carbonyl (C=O) groups is 3. The third-order valence-corrected chi connectivity index (χ3v) is 4.91. The summed E-state index contributed by atoms with van der Waals surface area (Å²) in [5.74, 6) is -1.63. The van der Waals surface area contributed by atoms with E-state index in [-0.39, 0.29) is 28.6 Å². The molecule has 144 valence electrons. The Hall–Kier alpha value is -2.98. The molecule has 0 aliphatic heterocycles. The van der Waals surface area contributed by atoms with Crippen molar-refractivity contribution >= 4 is 27.7 Å². The van der Waals surface area contributed by atoms with Crippen LogP contribution in [0, 0.1) is 0 Å². The van der Waals surface area contributed by atoms with Crippen LogP contribution in [0.4, 0.5) is 0 Å². The first kappa shape index (κ1) is 20.3. The molecule has 2 rings (SSSR count). The molecule has 0 saturated heterocycles. The predicted octanol–water partition coefficient (Wildman–Crippen LogP) is 1.29. The molecule has 10 heteroatoms. The zero-order chi connectivity index (χ0) is 20.0. The molecule has 0 atom stereocenters. The molecule has 0 unspecified atom stereocenters. The lowest BCUT2D eigenvalue weighted by Gasteiger charge is -2.08. The van der Waals surface area contributed by atoms with Gasteiger partial charge in [0.15, 0.2) is 11.5 Å². The van der Waals surface area contributed by atoms with Gasteiger partial charge in [-0.05, 0) is 25.1 Å². The Morgan fingerprint density at radius 2 is 1.78 bits per heavy atom. The number of furan rings is 1. The number of rotatable bonds is 8. The zero-order valence-electron chi connectivity index (χ0n) is 14.6. The lowest BCUT2D eigenvalue weighted by atomic mass is 10.2. The van der Waals surface area contributed by atoms with Crippen LogP contribution in [0.25, 0.3) is 0 Å². The minimum Gasteiger partial charge on any atom is -0.465 e. The second-order valence-electron chi connectivity index (χ2n) is 5.31. The van der Waals surface area contributed by atoms with Gasteiger partial charge in [0.05, 0.1) is 18.3 Å². The van der Waals surface area contributed by atoms with Crippen LogP contribution in [0.1, 0.15) is 33.4 Å². The highest BCUT2D eigenvalue weighted by Crippen LogP contribution is 2.13. The third-order valence-electron chi connectivity index (χ3n) is 3.49. The van der Waals surface area contributed by atoms with E-state index in [1.807, 2.05) is 0 Å². The Bertz CT molecular complexity index is 944. The Kier molecular flexibility index (Phi) is 6.48. The van der Waals surface area contributed by atoms with Gasteiger partial charge in [-0.1, -0.05) is 12.1 Å². The largest absolute Gasteiger partial charge is 0.465 e. The van der Waals surface area contributed by atoms with Crippen molar-refractivity contribution in [2.24, 2.45) is 0 Å². The lowest BCUT2D eigenvalue weighted by molar-refractivity contribution is -0.144. The maximum Gasteiger partial charge on any atom is 0.341 e. The Labute approximate surface area is 155 Å². The molecule has 0 spiro atoms. The number of ether oxygens (including phenoxy) is 2. The molecule has 0 fully saturated rings. The quantitative estimate of drug-likeness (QED) is 0.523. The smallest absolute Gasteiger partial charge is 0.341 e. The summed E-state index contributed by atoms with van der Waals surface area (Å²) in [6, 6.07) is 6.63. The number of methoxy groups -OCH3 is 1. The minimum atomic E-state index is -3.96. The summed E-state index contributed by atoms with van der Waals surface area (Å²) in [6.45, 7) is 0.388. The Morgan fingerprint density at radius 1 is 1.11 bits per heavy atom. The maximum atomic E-state index is 12.1. The first-order valence-corrected chi connectivity index (χ1v) is 9.14. The van der Waals surface area contributed by atoms with Crippen LogP contribution in [0.2, 0.25) is 0 Å². The Balaban J connectivity index is 1.92. The number of ketones is 1. The van der Waals surface area contributed by atoms with E-state index in [2.05, 4.69) is 9.46 Å². The van der Waals surface area contributed by atoms with Crippen molar-refractivity contribution in [2.75, 3.05) is 13.7 Å². The number of nitrogens with one attached hydrogen (secondary N) is 1. The van der Waals surface area contributed by atoms with Gasteiger partial charge in [-0.2, -0.15) is 4.72 Å². The predicted molar refractivity (Wildman–Crippen MR) is 91.5 cm³/mol. The van der Waals surface area contributed by atoms with E-state index < -0.39 is 28.5 Å². The van der Waals surface area contributed by atoms with Crippen LogP contribution < -0.4 is 4.72 Å². The average Bonchev–Trinajstić information content (AvgIpc) is 3.12. The van der Waals surface area contributed by atoms with Gasteiger partial charge in [0.1, 0.15) is 18.7 Å². The van der Waals surface area contributed by atoms with Crippen molar-refractivity contribution in [3.05, 3.63) is 53.5 Å². The molecule has 0 aliphatic rings. The van der Waals surface area contributed by atoms with Gasteiger partial charge >= 0.3 is 11.9 Å². The topological polar surface area (TPSA) is 129 Å². The van der Waals surface area contributed by atoms with Crippen molar-refractivity contribution in [1.82, 2.24) is 4.72 Å². The summed E-state index contributed by atoms with van der Waals surface area (Å²) in [7, 11) is -2.76. The van der Waals surface area contributed by atoms with Gasteiger partial charge in [-0.15, -0.1) is 0 Å². The van der Waals surface area contributed by atoms with Gasteiger partial charge < -0.3 is 13.9 Å². The van der Waals surface area contributed by atoms with Crippen molar-refractivity contribution < 1.29 is 36.7 Å². The zero-order valence-corrected chi connectivity index (χ0v) is 15.4. The normalized spacial score (nSPS) is 11.0. The standard InChI is InChI=1S/C17H17NO8S/c1-11(19)12-3-5-13(6-4-12)27(22,23)18-9-16(20)26-10-15-14(7-8-25-15)17(21)24-2/h3-8,18H,9-10H2,1-2H3. The molecule has 1 aromatic heterocycles. The molecule has 9 nitrogen and oxygen atoms in total. The van der Waals surface area contributed by atoms with Gasteiger partial charge in [-0.25, -0.2) is 13.2 Å². The van der Waals surface area contributed by atoms with Crippen molar-refractivity contribution in [3.8, 4) is 0 Å². The summed E-state index contributed by atoms with van der Waals surface area (Å²) in [6.07, 6.45) is 1.24. The average molecular weight is 395 g/mol. The molecular weight excluding hydrogens is 378 g/mol. The molecule has 0 bridgehead atoms. The van der Waals surface area contributed by atoms with Crippen LogP contribution in [-0.2, 0) is 30.9 Å². The first-order chi connectivity index (χ1) is 12.7. The fourth-order valence-corrected chi connectivity index (χ4v) is 3.02. The van der Waals surface area contributed by atoms with E-state index >= 15 is 0 Å². The number of sulfonamides is 1. The van der Waals surface area contributed by atoms with Gasteiger partial charge in [-0.3, -0.25) is 9.59 Å². The second kappa shape index (κ2) is 8.60. The highest BCUT2D eigenvalue weighted by atomic mass is 32.2. The monoisotopic (exact) mass is 395 g/mol. The van der Waals surface area contributed by atoms with Crippen LogP contribution in [0.5, 0.6) is 0 Å². The summed E-state index contributed by atoms with van der Waals surface area (Å²) in [4.78, 5) is 34.4. The molecule has 2 aromatic rings. The van der Waals surface area contributed by atoms with Crippen LogP contribution >= 0.6 is 0 Å². The molecule has 27 heavy (non-hydrogen) atoms. The Morgan fingerprint density at radius 3 is 2.37 bits per heavy atom. The highest BCUT2D eigenvalue weighted by molar-refractivity contribution is 7.89. The van der Waals surface area contributed by atoms with E-state index in [0.717, 1.165) is 0 Å². The third kappa shape index (κ3) is 5.25. The molecule has 1 aromatic carbocycles. The van der Waals surface area contributed by atoms with Crippen LogP contribution in [0.3, 0.4) is 0 Å². The summed E-state index contributed by atoms with van der Waals surface area (Å²) in [5, 5.41) is 0. The number of benzene rings is 1. The summed E-state index contributed by atoms with van der Waals surface area (Å²) in [5.41, 5.74) is 0.477. The van der Waals surface area contributed by atoms with Crippen molar-refractivity contribution in [2.45, 2.75) is 18.4 Å². The molecular formula is C17H17NO8S. The molecule has 0 aliphatic carbocycles. The van der Waals surface area contributed by atoms with Crippen molar-refractivity contribution in [3.63, 3.8) is 0 Å². The maximum absolute atomic E-state index is 12.1. The molecule has 1 N–H and O–H groups in total. The second-order valence-corrected chi connectivity index (χ2v) is 7.08. The number of esters is 2. The molecule has 0 radical (unpaired) electrons. The number of hydrogen-bond donors (Lipinski definition) is 1. The fraction of sp³-hybridized carbons (Fsp3) is 0.235. The fourth-order valence-electron chi connectivity index (χ4n) is 2.05. The minimum absolute atomic E-state index is 0.0814. The SMILES string of the molecule is COC(=O)c1ccoc1COC(=O)CNS(=O)(=O)c1ccc(C(C)=O)cc1. The summed E-state index contributed by atoms with van der Waals surface area (Å²) < 4.78 is 40.9. The van der Waals surface area contributed by atoms with Crippen LogP contribution in [0.15, 0.2) is 45.9 Å². The van der Waals surface area contributed by atoms with E-state index in [1.165, 1.54) is 50.6 Å². The molecule has 0 amide bonds. The number of hydrogen-bond acceptors (Lipinski definition) is 8. The molecule has 0 saturated carbocycles. The van der Waals surface area contributed by atoms with E-state index in [0.29, 0.717) is 5.56 Å². The molecule has 1 heterocycles. The highest BCUT2D eigenvalue weighted by Gasteiger charge is 2.19. The lowest BCUT2D eigenvalue weighted by Crippen LogP contribution is -2.30. The number of carbonyl (C=O) groups excluding carboxylic acids is 3. The summed E-state index contributed by atoms with van der Waals surface area (Å²) >= 11 is 0. The van der Waals surface area contributed by atoms with E-state index in [1.54, 1.807) is 0 Å². The van der Waals surface area contributed by atoms with Gasteiger partial charge in [0, 0.05) is 5.56 Å². The van der Waals surface area contributed by atoms with E-state index in [4.69, 9.17) is 9.15 Å². The van der Waals surface area contributed by atoms with Crippen LogP contribution in [-0.4, -0.2) is 39.8 Å². The number of Topliss-reactive ketones (excluding diaryl/α,β-unsaturated/α-hetero) is 1. The van der Waals surface area contributed by atoms with E-state index in [9.17, 15) is 22.8 Å². The van der Waals surface area contributed by atoms with Crippen molar-refractivity contribution in [1.29, 1.82) is 0 Å².